The lowest BCUT2D eigenvalue weighted by Crippen LogP contribution is -2.38. The summed E-state index contributed by atoms with van der Waals surface area (Å²) in [7, 11) is -3.57. The first kappa shape index (κ1) is 14.4. The Bertz CT molecular complexity index is 369. The summed E-state index contributed by atoms with van der Waals surface area (Å²) in [5, 5.41) is 0. The molecule has 6 nitrogen and oxygen atoms in total. The Kier molecular flexibility index (Phi) is 4.91. The third kappa shape index (κ3) is 3.65. The Labute approximate surface area is 102 Å². The Morgan fingerprint density at radius 1 is 1.53 bits per heavy atom. The Morgan fingerprint density at radius 2 is 2.18 bits per heavy atom. The van der Waals surface area contributed by atoms with E-state index in [9.17, 15) is 13.2 Å². The lowest BCUT2D eigenvalue weighted by molar-refractivity contribution is -0.140. The molecule has 1 rings (SSSR count). The van der Waals surface area contributed by atoms with E-state index >= 15 is 0 Å². The fourth-order valence-electron chi connectivity index (χ4n) is 2.10. The van der Waals surface area contributed by atoms with Crippen molar-refractivity contribution in [3.8, 4) is 0 Å². The summed E-state index contributed by atoms with van der Waals surface area (Å²) in [6.07, 6.45) is 0.749. The molecule has 7 heteroatoms. The standard InChI is InChI=1S/C10H20N2O4S/c1-3-16-10(13)7-17(14,15)12-6-9(5-11)4-8(12)2/h8-9H,3-7,11H2,1-2H3. The number of nitrogens with two attached hydrogens (primary N) is 1. The van der Waals surface area contributed by atoms with Gasteiger partial charge < -0.3 is 10.5 Å². The number of carbonyl (C=O) groups excluding carboxylic acids is 1. The highest BCUT2D eigenvalue weighted by Crippen LogP contribution is 2.25. The molecule has 1 aliphatic heterocycles. The largest absolute Gasteiger partial charge is 0.465 e. The zero-order valence-corrected chi connectivity index (χ0v) is 11.1. The second kappa shape index (κ2) is 5.79. The number of sulfonamides is 1. The van der Waals surface area contributed by atoms with E-state index in [-0.39, 0.29) is 18.6 Å². The van der Waals surface area contributed by atoms with Crippen LogP contribution in [0.5, 0.6) is 0 Å². The minimum Gasteiger partial charge on any atom is -0.465 e. The van der Waals surface area contributed by atoms with Crippen LogP contribution < -0.4 is 5.73 Å². The molecule has 0 aromatic rings. The molecule has 0 amide bonds. The molecule has 17 heavy (non-hydrogen) atoms. The molecular weight excluding hydrogens is 244 g/mol. The van der Waals surface area contributed by atoms with Gasteiger partial charge in [0.25, 0.3) is 0 Å². The van der Waals surface area contributed by atoms with Crippen LogP contribution in [0.3, 0.4) is 0 Å². The number of hydrogen-bond acceptors (Lipinski definition) is 5. The number of rotatable bonds is 5. The molecule has 100 valence electrons. The Hall–Kier alpha value is -0.660. The van der Waals surface area contributed by atoms with Gasteiger partial charge in [-0.3, -0.25) is 4.79 Å². The van der Waals surface area contributed by atoms with Gasteiger partial charge >= 0.3 is 5.97 Å². The van der Waals surface area contributed by atoms with E-state index < -0.39 is 21.7 Å². The molecule has 0 aromatic heterocycles. The van der Waals surface area contributed by atoms with E-state index in [1.807, 2.05) is 6.92 Å². The highest BCUT2D eigenvalue weighted by molar-refractivity contribution is 7.89. The number of ether oxygens (including phenoxy) is 1. The van der Waals surface area contributed by atoms with Crippen molar-refractivity contribution < 1.29 is 17.9 Å². The summed E-state index contributed by atoms with van der Waals surface area (Å²) < 4.78 is 30.0. The molecule has 0 aliphatic carbocycles. The predicted molar refractivity (Wildman–Crippen MR) is 63.7 cm³/mol. The first-order valence-corrected chi connectivity index (χ1v) is 7.36. The van der Waals surface area contributed by atoms with Gasteiger partial charge in [-0.05, 0) is 32.7 Å². The van der Waals surface area contributed by atoms with Crippen molar-refractivity contribution in [1.29, 1.82) is 0 Å². The average molecular weight is 264 g/mol. The first-order valence-electron chi connectivity index (χ1n) is 5.76. The van der Waals surface area contributed by atoms with Crippen LogP contribution in [0.15, 0.2) is 0 Å². The smallest absolute Gasteiger partial charge is 0.322 e. The second-order valence-electron chi connectivity index (χ2n) is 4.32. The predicted octanol–water partition coefficient (Wildman–Crippen LogP) is -0.452. The molecule has 1 fully saturated rings. The highest BCUT2D eigenvalue weighted by Gasteiger charge is 2.37. The molecule has 0 aromatic carbocycles. The summed E-state index contributed by atoms with van der Waals surface area (Å²) in [6.45, 7) is 4.54. The van der Waals surface area contributed by atoms with E-state index in [0.29, 0.717) is 13.1 Å². The fourth-order valence-corrected chi connectivity index (χ4v) is 3.72. The lowest BCUT2D eigenvalue weighted by atomic mass is 10.1. The molecule has 0 bridgehead atoms. The summed E-state index contributed by atoms with van der Waals surface area (Å²) >= 11 is 0. The highest BCUT2D eigenvalue weighted by atomic mass is 32.2. The van der Waals surface area contributed by atoms with Gasteiger partial charge in [-0.25, -0.2) is 8.42 Å². The van der Waals surface area contributed by atoms with Gasteiger partial charge in [0.1, 0.15) is 0 Å². The normalized spacial score (nSPS) is 26.1. The van der Waals surface area contributed by atoms with Crippen LogP contribution in [0.2, 0.25) is 0 Å². The van der Waals surface area contributed by atoms with Gasteiger partial charge in [0, 0.05) is 12.6 Å². The van der Waals surface area contributed by atoms with Crippen molar-refractivity contribution in [2.24, 2.45) is 11.7 Å². The SMILES string of the molecule is CCOC(=O)CS(=O)(=O)N1CC(CN)CC1C. The zero-order valence-electron chi connectivity index (χ0n) is 10.3. The van der Waals surface area contributed by atoms with Crippen molar-refractivity contribution in [2.45, 2.75) is 26.3 Å². The minimum absolute atomic E-state index is 0.0945. The van der Waals surface area contributed by atoms with Crippen LogP contribution >= 0.6 is 0 Å². The van der Waals surface area contributed by atoms with Gasteiger partial charge in [0.05, 0.1) is 6.61 Å². The van der Waals surface area contributed by atoms with Crippen molar-refractivity contribution in [3.63, 3.8) is 0 Å². The van der Waals surface area contributed by atoms with Crippen LogP contribution in [-0.4, -0.2) is 50.2 Å². The van der Waals surface area contributed by atoms with Crippen molar-refractivity contribution in [2.75, 3.05) is 25.4 Å². The molecule has 2 atom stereocenters. The van der Waals surface area contributed by atoms with Crippen LogP contribution in [0, 0.1) is 5.92 Å². The molecule has 1 aliphatic rings. The summed E-state index contributed by atoms with van der Waals surface area (Å²) in [4.78, 5) is 11.2. The fraction of sp³-hybridized carbons (Fsp3) is 0.900. The van der Waals surface area contributed by atoms with Gasteiger partial charge in [0.15, 0.2) is 5.75 Å². The molecule has 0 radical (unpaired) electrons. The molecule has 0 saturated carbocycles. The van der Waals surface area contributed by atoms with Gasteiger partial charge in [-0.15, -0.1) is 0 Å². The van der Waals surface area contributed by atoms with Crippen molar-refractivity contribution >= 4 is 16.0 Å². The van der Waals surface area contributed by atoms with Gasteiger partial charge in [-0.1, -0.05) is 0 Å². The quantitative estimate of drug-likeness (QED) is 0.679. The lowest BCUT2D eigenvalue weighted by Gasteiger charge is -2.20. The van der Waals surface area contributed by atoms with Crippen LogP contribution in [0.1, 0.15) is 20.3 Å². The molecule has 1 heterocycles. The number of esters is 1. The number of nitrogens with zero attached hydrogens (tertiary/aromatic N) is 1. The molecular formula is C10H20N2O4S. The molecule has 0 spiro atoms. The average Bonchev–Trinajstić information content (AvgIpc) is 2.60. The summed E-state index contributed by atoms with van der Waals surface area (Å²) in [6, 6.07) is -0.0945. The van der Waals surface area contributed by atoms with Gasteiger partial charge in [0.2, 0.25) is 10.0 Å². The summed E-state index contributed by atoms with van der Waals surface area (Å²) in [5.41, 5.74) is 5.54. The Morgan fingerprint density at radius 3 is 2.65 bits per heavy atom. The third-order valence-corrected chi connectivity index (χ3v) is 4.72. The van der Waals surface area contributed by atoms with Crippen molar-refractivity contribution in [3.05, 3.63) is 0 Å². The molecule has 2 unspecified atom stereocenters. The summed E-state index contributed by atoms with van der Waals surface area (Å²) in [5.74, 6) is -1.10. The number of carbonyl (C=O) groups is 1. The maximum atomic E-state index is 12.0. The van der Waals surface area contributed by atoms with Crippen LogP contribution in [0.4, 0.5) is 0 Å². The van der Waals surface area contributed by atoms with E-state index in [4.69, 9.17) is 5.73 Å². The van der Waals surface area contributed by atoms with E-state index in [2.05, 4.69) is 4.74 Å². The third-order valence-electron chi connectivity index (χ3n) is 2.90. The van der Waals surface area contributed by atoms with E-state index in [1.54, 1.807) is 6.92 Å². The minimum atomic E-state index is -3.57. The van der Waals surface area contributed by atoms with Crippen LogP contribution in [-0.2, 0) is 19.6 Å². The maximum Gasteiger partial charge on any atom is 0.322 e. The molecule has 1 saturated heterocycles. The Balaban J connectivity index is 2.68. The second-order valence-corrected chi connectivity index (χ2v) is 6.24. The zero-order chi connectivity index (χ0) is 13.1. The first-order chi connectivity index (χ1) is 7.90. The van der Waals surface area contributed by atoms with E-state index in [1.165, 1.54) is 4.31 Å². The topological polar surface area (TPSA) is 89.7 Å². The molecule has 2 N–H and O–H groups in total. The van der Waals surface area contributed by atoms with E-state index in [0.717, 1.165) is 6.42 Å². The monoisotopic (exact) mass is 264 g/mol. The van der Waals surface area contributed by atoms with Crippen LogP contribution in [0.25, 0.3) is 0 Å². The number of hydrogen-bond donors (Lipinski definition) is 1. The van der Waals surface area contributed by atoms with Crippen molar-refractivity contribution in [1.82, 2.24) is 4.31 Å². The van der Waals surface area contributed by atoms with Gasteiger partial charge in [-0.2, -0.15) is 4.31 Å². The maximum absolute atomic E-state index is 12.0.